The van der Waals surface area contributed by atoms with E-state index in [1.54, 1.807) is 29.2 Å². The number of Topliss-reactive ketones (excluding diaryl/α,β-unsaturated/α-hetero) is 1. The van der Waals surface area contributed by atoms with Crippen LogP contribution in [0.4, 0.5) is 16.2 Å². The summed E-state index contributed by atoms with van der Waals surface area (Å²) in [6.45, 7) is 10.2. The van der Waals surface area contributed by atoms with Crippen molar-refractivity contribution in [2.75, 3.05) is 36.4 Å². The maximum absolute atomic E-state index is 13.8. The van der Waals surface area contributed by atoms with Crippen molar-refractivity contribution in [3.8, 4) is 0 Å². The quantitative estimate of drug-likeness (QED) is 0.511. The first-order valence-corrected chi connectivity index (χ1v) is 13.8. The number of rotatable bonds is 9. The molecule has 2 fully saturated rings. The van der Waals surface area contributed by atoms with Crippen molar-refractivity contribution in [1.29, 1.82) is 0 Å². The number of nitrogens with zero attached hydrogens (tertiary/aromatic N) is 3. The van der Waals surface area contributed by atoms with Crippen LogP contribution in [0, 0.1) is 5.92 Å². The molecule has 3 unspecified atom stereocenters. The van der Waals surface area contributed by atoms with E-state index in [1.165, 1.54) is 4.90 Å². The first-order chi connectivity index (χ1) is 18.7. The van der Waals surface area contributed by atoms with Crippen molar-refractivity contribution in [3.63, 3.8) is 0 Å². The van der Waals surface area contributed by atoms with E-state index in [1.807, 2.05) is 44.2 Å². The van der Waals surface area contributed by atoms with Crippen LogP contribution >= 0.6 is 0 Å². The summed E-state index contributed by atoms with van der Waals surface area (Å²) in [6.07, 6.45) is 0.960. The summed E-state index contributed by atoms with van der Waals surface area (Å²) in [6, 6.07) is 14.3. The fourth-order valence-electron chi connectivity index (χ4n) is 5.60. The van der Waals surface area contributed by atoms with Gasteiger partial charge in [-0.1, -0.05) is 32.0 Å². The molecule has 9 nitrogen and oxygen atoms in total. The van der Waals surface area contributed by atoms with E-state index in [0.29, 0.717) is 30.6 Å². The van der Waals surface area contributed by atoms with Crippen LogP contribution in [0.1, 0.15) is 50.9 Å². The Morgan fingerprint density at radius 2 is 1.64 bits per heavy atom. The molecule has 2 saturated heterocycles. The third kappa shape index (κ3) is 6.24. The van der Waals surface area contributed by atoms with E-state index < -0.39 is 12.1 Å². The van der Waals surface area contributed by atoms with Crippen LogP contribution in [0.25, 0.3) is 0 Å². The second kappa shape index (κ2) is 12.3. The number of ketones is 1. The van der Waals surface area contributed by atoms with Crippen molar-refractivity contribution >= 4 is 35.0 Å². The summed E-state index contributed by atoms with van der Waals surface area (Å²) >= 11 is 0. The second-order valence-corrected chi connectivity index (χ2v) is 10.6. The highest BCUT2D eigenvalue weighted by atomic mass is 16.2. The number of anilines is 2. The van der Waals surface area contributed by atoms with Gasteiger partial charge in [0.1, 0.15) is 12.1 Å². The number of urea groups is 1. The van der Waals surface area contributed by atoms with Crippen LogP contribution in [0.3, 0.4) is 0 Å². The van der Waals surface area contributed by atoms with Gasteiger partial charge >= 0.3 is 6.03 Å². The highest BCUT2D eigenvalue weighted by Crippen LogP contribution is 2.31. The minimum absolute atomic E-state index is 0.0438. The fraction of sp³-hybridized carbons (Fsp3) is 0.467. The number of likely N-dealkylation sites (tertiary alicyclic amines) is 2. The lowest BCUT2D eigenvalue weighted by Crippen LogP contribution is -2.53. The van der Waals surface area contributed by atoms with E-state index in [0.717, 1.165) is 18.8 Å². The maximum atomic E-state index is 13.8. The number of carbonyl (C=O) groups is 4. The monoisotopic (exact) mass is 533 g/mol. The summed E-state index contributed by atoms with van der Waals surface area (Å²) in [5.41, 5.74) is 2.16. The van der Waals surface area contributed by atoms with Crippen molar-refractivity contribution in [3.05, 3.63) is 60.2 Å². The minimum Gasteiger partial charge on any atom is -0.372 e. The molecule has 0 radical (unpaired) electrons. The SMILES string of the molecule is CCN(CC)c1ccc(C(=O)NC(CC(C)C)C(=O)N2CCC3C2C(=O)CN3C(=O)Nc2ccccc2)cc1. The molecule has 0 saturated carbocycles. The van der Waals surface area contributed by atoms with Gasteiger partial charge in [-0.05, 0) is 69.0 Å². The zero-order valence-electron chi connectivity index (χ0n) is 23.2. The summed E-state index contributed by atoms with van der Waals surface area (Å²) < 4.78 is 0. The highest BCUT2D eigenvalue weighted by molar-refractivity contribution is 6.02. The Balaban J connectivity index is 1.45. The van der Waals surface area contributed by atoms with Crippen LogP contribution in [0.15, 0.2) is 54.6 Å². The van der Waals surface area contributed by atoms with E-state index in [2.05, 4.69) is 29.4 Å². The lowest BCUT2D eigenvalue weighted by molar-refractivity contribution is -0.138. The summed E-state index contributed by atoms with van der Waals surface area (Å²) in [7, 11) is 0. The summed E-state index contributed by atoms with van der Waals surface area (Å²) in [5.74, 6) is -0.605. The molecular formula is C30H39N5O4. The molecule has 2 aliphatic heterocycles. The Kier molecular flexibility index (Phi) is 8.89. The van der Waals surface area contributed by atoms with Gasteiger partial charge in [-0.3, -0.25) is 14.4 Å². The largest absolute Gasteiger partial charge is 0.372 e. The van der Waals surface area contributed by atoms with Gasteiger partial charge in [0, 0.05) is 36.6 Å². The van der Waals surface area contributed by atoms with Crippen LogP contribution in [-0.2, 0) is 9.59 Å². The van der Waals surface area contributed by atoms with Gasteiger partial charge in [-0.15, -0.1) is 0 Å². The molecule has 2 aromatic carbocycles. The first kappa shape index (κ1) is 28.1. The Morgan fingerprint density at radius 1 is 0.974 bits per heavy atom. The normalized spacial score (nSPS) is 19.2. The smallest absolute Gasteiger partial charge is 0.322 e. The number of carbonyl (C=O) groups excluding carboxylic acids is 4. The molecule has 2 N–H and O–H groups in total. The third-order valence-electron chi connectivity index (χ3n) is 7.56. The molecule has 4 amide bonds. The van der Waals surface area contributed by atoms with Gasteiger partial charge in [0.05, 0.1) is 12.6 Å². The topological polar surface area (TPSA) is 102 Å². The Morgan fingerprint density at radius 3 is 2.26 bits per heavy atom. The second-order valence-electron chi connectivity index (χ2n) is 10.6. The first-order valence-electron chi connectivity index (χ1n) is 13.8. The average Bonchev–Trinajstić information content (AvgIpc) is 3.50. The molecule has 208 valence electrons. The molecule has 2 heterocycles. The molecular weight excluding hydrogens is 494 g/mol. The van der Waals surface area contributed by atoms with Gasteiger partial charge in [0.25, 0.3) is 5.91 Å². The number of hydrogen-bond donors (Lipinski definition) is 2. The van der Waals surface area contributed by atoms with Crippen molar-refractivity contribution in [1.82, 2.24) is 15.1 Å². The number of para-hydroxylation sites is 1. The summed E-state index contributed by atoms with van der Waals surface area (Å²) in [4.78, 5) is 58.2. The van der Waals surface area contributed by atoms with Crippen molar-refractivity contribution < 1.29 is 19.2 Å². The summed E-state index contributed by atoms with van der Waals surface area (Å²) in [5, 5.41) is 5.78. The number of hydrogen-bond acceptors (Lipinski definition) is 5. The molecule has 9 heteroatoms. The van der Waals surface area contributed by atoms with Gasteiger partial charge in [-0.2, -0.15) is 0 Å². The van der Waals surface area contributed by atoms with Crippen LogP contribution in [-0.4, -0.2) is 77.7 Å². The Hall–Kier alpha value is -3.88. The zero-order valence-corrected chi connectivity index (χ0v) is 23.2. The minimum atomic E-state index is -0.765. The van der Waals surface area contributed by atoms with Crippen LogP contribution < -0.4 is 15.5 Å². The van der Waals surface area contributed by atoms with Crippen molar-refractivity contribution in [2.45, 2.75) is 58.7 Å². The number of benzene rings is 2. The van der Waals surface area contributed by atoms with Gasteiger partial charge in [0.15, 0.2) is 5.78 Å². The van der Waals surface area contributed by atoms with Gasteiger partial charge in [0.2, 0.25) is 5.91 Å². The molecule has 2 aromatic rings. The molecule has 3 atom stereocenters. The lowest BCUT2D eigenvalue weighted by Gasteiger charge is -2.29. The molecule has 39 heavy (non-hydrogen) atoms. The molecule has 0 aliphatic carbocycles. The fourth-order valence-corrected chi connectivity index (χ4v) is 5.60. The Labute approximate surface area is 230 Å². The number of nitrogens with one attached hydrogen (secondary N) is 2. The van der Waals surface area contributed by atoms with E-state index in [9.17, 15) is 19.2 Å². The average molecular weight is 534 g/mol. The van der Waals surface area contributed by atoms with Crippen LogP contribution in [0.2, 0.25) is 0 Å². The predicted molar refractivity (Wildman–Crippen MR) is 152 cm³/mol. The number of amides is 4. The molecule has 0 spiro atoms. The van der Waals surface area contributed by atoms with E-state index >= 15 is 0 Å². The van der Waals surface area contributed by atoms with Crippen LogP contribution in [0.5, 0.6) is 0 Å². The van der Waals surface area contributed by atoms with E-state index in [4.69, 9.17) is 0 Å². The lowest BCUT2D eigenvalue weighted by atomic mass is 10.0. The molecule has 2 aliphatic rings. The third-order valence-corrected chi connectivity index (χ3v) is 7.56. The standard InChI is InChI=1S/C30H39N5O4/c1-5-33(6-2)23-14-12-21(13-15-23)28(37)32-24(18-20(3)4)29(38)34-17-16-25-27(34)26(36)19-35(25)30(39)31-22-10-8-7-9-11-22/h7-15,20,24-25,27H,5-6,16-19H2,1-4H3,(H,31,39)(H,32,37). The number of fused-ring (bicyclic) bond motifs is 1. The van der Waals surface area contributed by atoms with Crippen molar-refractivity contribution in [2.24, 2.45) is 5.92 Å². The molecule has 0 bridgehead atoms. The highest BCUT2D eigenvalue weighted by Gasteiger charge is 2.52. The van der Waals surface area contributed by atoms with Gasteiger partial charge < -0.3 is 25.3 Å². The molecule has 0 aromatic heterocycles. The zero-order chi connectivity index (χ0) is 28.1. The predicted octanol–water partition coefficient (Wildman–Crippen LogP) is 3.76. The van der Waals surface area contributed by atoms with Gasteiger partial charge in [-0.25, -0.2) is 4.79 Å². The Bertz CT molecular complexity index is 1180. The maximum Gasteiger partial charge on any atom is 0.322 e. The van der Waals surface area contributed by atoms with E-state index in [-0.39, 0.29) is 42.1 Å². The molecule has 4 rings (SSSR count).